The Labute approximate surface area is 78.2 Å². The van der Waals surface area contributed by atoms with Gasteiger partial charge in [-0.3, -0.25) is 0 Å². The number of hydrogen-bond donors (Lipinski definition) is 4. The van der Waals surface area contributed by atoms with Gasteiger partial charge >= 0.3 is 0 Å². The number of allylic oxidation sites excluding steroid dienone is 1. The minimum absolute atomic E-state index is 0.900. The van der Waals surface area contributed by atoms with Crippen molar-refractivity contribution in [1.82, 2.24) is 16.2 Å². The average Bonchev–Trinajstić information content (AvgIpc) is 2.71. The first-order valence-electron chi connectivity index (χ1n) is 4.74. The van der Waals surface area contributed by atoms with E-state index in [0.717, 1.165) is 32.4 Å². The van der Waals surface area contributed by atoms with Crippen LogP contribution < -0.4 is 21.9 Å². The Kier molecular flexibility index (Phi) is 2.40. The molecule has 4 nitrogen and oxygen atoms in total. The van der Waals surface area contributed by atoms with E-state index in [-0.39, 0.29) is 0 Å². The summed E-state index contributed by atoms with van der Waals surface area (Å²) in [6.45, 7) is 1.93. The summed E-state index contributed by atoms with van der Waals surface area (Å²) in [6, 6.07) is 0. The van der Waals surface area contributed by atoms with E-state index in [1.807, 2.05) is 0 Å². The summed E-state index contributed by atoms with van der Waals surface area (Å²) in [4.78, 5) is 0. The molecule has 2 saturated heterocycles. The lowest BCUT2D eigenvalue weighted by Gasteiger charge is -2.21. The standard InChI is InChI=1S/C9H16N4/c10-5-7-1-2-8(11-6-7)9-3-4-12-13-9/h5,11-13H,1-4,6,10H2/b7-5-,9-8+. The van der Waals surface area contributed by atoms with E-state index in [2.05, 4.69) is 16.2 Å². The molecule has 2 heterocycles. The van der Waals surface area contributed by atoms with Crippen molar-refractivity contribution in [3.05, 3.63) is 23.2 Å². The predicted molar refractivity (Wildman–Crippen MR) is 52.3 cm³/mol. The molecule has 0 radical (unpaired) electrons. The Morgan fingerprint density at radius 3 is 2.62 bits per heavy atom. The van der Waals surface area contributed by atoms with E-state index in [9.17, 15) is 0 Å². The highest BCUT2D eigenvalue weighted by Gasteiger charge is 2.15. The lowest BCUT2D eigenvalue weighted by Crippen LogP contribution is -2.28. The molecule has 13 heavy (non-hydrogen) atoms. The second-order valence-electron chi connectivity index (χ2n) is 3.44. The molecule has 2 aliphatic heterocycles. The zero-order valence-corrected chi connectivity index (χ0v) is 7.69. The van der Waals surface area contributed by atoms with Crippen LogP contribution in [0.1, 0.15) is 19.3 Å². The molecule has 2 fully saturated rings. The molecule has 0 unspecified atom stereocenters. The van der Waals surface area contributed by atoms with Gasteiger partial charge in [-0.1, -0.05) is 0 Å². The van der Waals surface area contributed by atoms with E-state index >= 15 is 0 Å². The Hall–Kier alpha value is -1.16. The van der Waals surface area contributed by atoms with Crippen molar-refractivity contribution in [2.75, 3.05) is 13.1 Å². The van der Waals surface area contributed by atoms with Crippen molar-refractivity contribution in [1.29, 1.82) is 0 Å². The number of nitrogens with two attached hydrogens (primary N) is 1. The van der Waals surface area contributed by atoms with Crippen LogP contribution in [0.4, 0.5) is 0 Å². The van der Waals surface area contributed by atoms with Crippen LogP contribution in [0, 0.1) is 0 Å². The van der Waals surface area contributed by atoms with Crippen molar-refractivity contribution >= 4 is 0 Å². The second-order valence-corrected chi connectivity index (χ2v) is 3.44. The molecule has 0 spiro atoms. The SMILES string of the molecule is N/C=C1/CC/C(=C2/CCNN2)NC1. The first kappa shape index (κ1) is 8.44. The van der Waals surface area contributed by atoms with Gasteiger partial charge in [0.1, 0.15) is 0 Å². The van der Waals surface area contributed by atoms with E-state index < -0.39 is 0 Å². The molecule has 0 amide bonds. The highest BCUT2D eigenvalue weighted by molar-refractivity contribution is 5.20. The normalized spacial score (nSPS) is 31.5. The third kappa shape index (κ3) is 1.78. The smallest absolute Gasteiger partial charge is 0.0464 e. The van der Waals surface area contributed by atoms with Crippen molar-refractivity contribution in [2.45, 2.75) is 19.3 Å². The summed E-state index contributed by atoms with van der Waals surface area (Å²) < 4.78 is 0. The van der Waals surface area contributed by atoms with Crippen molar-refractivity contribution in [2.24, 2.45) is 5.73 Å². The fourth-order valence-electron chi connectivity index (χ4n) is 1.73. The topological polar surface area (TPSA) is 62.1 Å². The maximum absolute atomic E-state index is 5.46. The molecule has 0 bridgehead atoms. The molecule has 72 valence electrons. The number of hydrogen-bond acceptors (Lipinski definition) is 4. The van der Waals surface area contributed by atoms with Crippen LogP contribution in [-0.2, 0) is 0 Å². The van der Waals surface area contributed by atoms with Gasteiger partial charge in [0.2, 0.25) is 0 Å². The second kappa shape index (κ2) is 3.70. The van der Waals surface area contributed by atoms with Crippen LogP contribution >= 0.6 is 0 Å². The van der Waals surface area contributed by atoms with Gasteiger partial charge < -0.3 is 16.5 Å². The molecular formula is C9H16N4. The van der Waals surface area contributed by atoms with Gasteiger partial charge in [-0.2, -0.15) is 0 Å². The molecule has 0 atom stereocenters. The van der Waals surface area contributed by atoms with Crippen molar-refractivity contribution in [3.8, 4) is 0 Å². The molecule has 0 aromatic heterocycles. The Morgan fingerprint density at radius 1 is 1.15 bits per heavy atom. The minimum Gasteiger partial charge on any atom is -0.405 e. The molecule has 0 saturated carbocycles. The molecule has 2 aliphatic rings. The van der Waals surface area contributed by atoms with Gasteiger partial charge in [-0.25, -0.2) is 5.43 Å². The van der Waals surface area contributed by atoms with Crippen LogP contribution in [0.2, 0.25) is 0 Å². The fraction of sp³-hybridized carbons (Fsp3) is 0.556. The van der Waals surface area contributed by atoms with Crippen LogP contribution in [0.25, 0.3) is 0 Å². The summed E-state index contributed by atoms with van der Waals surface area (Å²) in [5, 5.41) is 3.39. The third-order valence-corrected chi connectivity index (χ3v) is 2.56. The zero-order chi connectivity index (χ0) is 9.10. The van der Waals surface area contributed by atoms with Crippen LogP contribution in [0.5, 0.6) is 0 Å². The largest absolute Gasteiger partial charge is 0.405 e. The highest BCUT2D eigenvalue weighted by Crippen LogP contribution is 2.19. The van der Waals surface area contributed by atoms with Gasteiger partial charge in [0, 0.05) is 30.9 Å². The summed E-state index contributed by atoms with van der Waals surface area (Å²) in [5.74, 6) is 0. The lowest BCUT2D eigenvalue weighted by atomic mass is 10.0. The predicted octanol–water partition coefficient (Wildman–Crippen LogP) is -0.0781. The number of piperidine rings is 1. The molecule has 0 aromatic carbocycles. The molecular weight excluding hydrogens is 164 g/mol. The first-order chi connectivity index (χ1) is 6.40. The number of rotatable bonds is 0. The van der Waals surface area contributed by atoms with E-state index in [1.54, 1.807) is 6.20 Å². The van der Waals surface area contributed by atoms with Crippen LogP contribution in [0.3, 0.4) is 0 Å². The highest BCUT2D eigenvalue weighted by atomic mass is 15.4. The summed E-state index contributed by atoms with van der Waals surface area (Å²) >= 11 is 0. The monoisotopic (exact) mass is 180 g/mol. The average molecular weight is 180 g/mol. The number of hydrazine groups is 1. The third-order valence-electron chi connectivity index (χ3n) is 2.56. The number of nitrogens with one attached hydrogen (secondary N) is 3. The Bertz CT molecular complexity index is 234. The van der Waals surface area contributed by atoms with E-state index in [0.29, 0.717) is 0 Å². The Balaban J connectivity index is 2.00. The molecule has 0 aromatic rings. The summed E-state index contributed by atoms with van der Waals surface area (Å²) in [7, 11) is 0. The van der Waals surface area contributed by atoms with E-state index in [4.69, 9.17) is 5.73 Å². The Morgan fingerprint density at radius 2 is 2.08 bits per heavy atom. The van der Waals surface area contributed by atoms with Gasteiger partial charge in [0.05, 0.1) is 0 Å². The van der Waals surface area contributed by atoms with Crippen LogP contribution in [0.15, 0.2) is 23.2 Å². The van der Waals surface area contributed by atoms with Gasteiger partial charge in [0.25, 0.3) is 0 Å². The fourth-order valence-corrected chi connectivity index (χ4v) is 1.73. The first-order valence-corrected chi connectivity index (χ1v) is 4.74. The molecule has 5 N–H and O–H groups in total. The summed E-state index contributed by atoms with van der Waals surface area (Å²) in [5.41, 5.74) is 15.7. The van der Waals surface area contributed by atoms with Gasteiger partial charge in [-0.05, 0) is 24.6 Å². The van der Waals surface area contributed by atoms with Gasteiger partial charge in [-0.15, -0.1) is 0 Å². The minimum atomic E-state index is 0.900. The lowest BCUT2D eigenvalue weighted by molar-refractivity contribution is 0.656. The van der Waals surface area contributed by atoms with Crippen molar-refractivity contribution < 1.29 is 0 Å². The maximum atomic E-state index is 5.46. The van der Waals surface area contributed by atoms with Gasteiger partial charge in [0.15, 0.2) is 0 Å². The van der Waals surface area contributed by atoms with E-state index in [1.165, 1.54) is 17.0 Å². The molecule has 2 rings (SSSR count). The van der Waals surface area contributed by atoms with Crippen LogP contribution in [-0.4, -0.2) is 13.1 Å². The summed E-state index contributed by atoms with van der Waals surface area (Å²) in [6.07, 6.45) is 4.98. The molecule has 0 aliphatic carbocycles. The molecule has 4 heteroatoms. The maximum Gasteiger partial charge on any atom is 0.0464 e. The van der Waals surface area contributed by atoms with Crippen molar-refractivity contribution in [3.63, 3.8) is 0 Å². The quantitative estimate of drug-likeness (QED) is 0.421. The zero-order valence-electron chi connectivity index (χ0n) is 7.69.